The van der Waals surface area contributed by atoms with Crippen molar-refractivity contribution in [2.75, 3.05) is 7.11 Å². The van der Waals surface area contributed by atoms with Crippen LogP contribution in [0.25, 0.3) is 10.9 Å². The van der Waals surface area contributed by atoms with Crippen molar-refractivity contribution in [1.82, 2.24) is 9.88 Å². The molecule has 2 heterocycles. The fourth-order valence-electron chi connectivity index (χ4n) is 3.65. The van der Waals surface area contributed by atoms with Gasteiger partial charge in [-0.1, -0.05) is 17.7 Å². The number of rotatable bonds is 8. The van der Waals surface area contributed by atoms with Crippen molar-refractivity contribution in [2.24, 2.45) is 0 Å². The van der Waals surface area contributed by atoms with Crippen molar-refractivity contribution in [3.05, 3.63) is 88.2 Å². The van der Waals surface area contributed by atoms with E-state index in [1.54, 1.807) is 29.0 Å². The molecule has 0 aliphatic rings. The molecule has 2 aromatic heterocycles. The molecule has 0 saturated carbocycles. The van der Waals surface area contributed by atoms with Gasteiger partial charge in [0.2, 0.25) is 0 Å². The van der Waals surface area contributed by atoms with Gasteiger partial charge in [-0.25, -0.2) is 4.39 Å². The molecule has 160 valence electrons. The van der Waals surface area contributed by atoms with Gasteiger partial charge in [0.25, 0.3) is 0 Å². The topological polar surface area (TPSA) is 79.5 Å². The van der Waals surface area contributed by atoms with Crippen LogP contribution in [-0.2, 0) is 19.6 Å². The zero-order valence-corrected chi connectivity index (χ0v) is 17.4. The quantitative estimate of drug-likeness (QED) is 0.450. The van der Waals surface area contributed by atoms with Gasteiger partial charge in [0.15, 0.2) is 0 Å². The first-order valence-corrected chi connectivity index (χ1v) is 9.93. The smallest absolute Gasteiger partial charge is 0.124 e. The summed E-state index contributed by atoms with van der Waals surface area (Å²) in [6, 6.07) is 13.0. The van der Waals surface area contributed by atoms with Crippen molar-refractivity contribution in [2.45, 2.75) is 19.6 Å². The molecule has 4 aromatic rings. The Balaban J connectivity index is 1.80. The molecule has 6 nitrogen and oxygen atoms in total. The minimum Gasteiger partial charge on any atom is -0.543 e. The lowest BCUT2D eigenvalue weighted by Crippen LogP contribution is -2.28. The van der Waals surface area contributed by atoms with Crippen LogP contribution < -0.4 is 15.2 Å². The van der Waals surface area contributed by atoms with Gasteiger partial charge in [0.05, 0.1) is 37.1 Å². The van der Waals surface area contributed by atoms with Gasteiger partial charge < -0.3 is 28.9 Å². The van der Waals surface area contributed by atoms with Gasteiger partial charge in [0.1, 0.15) is 17.3 Å². The molecular formula is C23H19ClFN2O4-. The molecule has 0 bridgehead atoms. The van der Waals surface area contributed by atoms with Crippen molar-refractivity contribution < 1.29 is 23.4 Å². The normalized spacial score (nSPS) is 11.2. The predicted molar refractivity (Wildman–Crippen MR) is 113 cm³/mol. The summed E-state index contributed by atoms with van der Waals surface area (Å²) in [5, 5.41) is 16.4. The highest BCUT2D eigenvalue weighted by Crippen LogP contribution is 2.31. The van der Waals surface area contributed by atoms with E-state index in [-0.39, 0.29) is 23.8 Å². The van der Waals surface area contributed by atoms with E-state index < -0.39 is 11.8 Å². The lowest BCUT2D eigenvalue weighted by Gasteiger charge is -2.14. The first-order valence-electron chi connectivity index (χ1n) is 9.55. The number of aromatic carboxylic acids is 1. The number of hydrogen-bond acceptors (Lipinski definition) is 5. The average molecular weight is 442 g/mol. The minimum absolute atomic E-state index is 0.0237. The first kappa shape index (κ1) is 21.0. The van der Waals surface area contributed by atoms with E-state index in [0.717, 1.165) is 11.1 Å². The predicted octanol–water partition coefficient (Wildman–Crippen LogP) is 3.74. The van der Waals surface area contributed by atoms with Crippen LogP contribution in [0.1, 0.15) is 27.4 Å². The number of furan rings is 1. The third-order valence-electron chi connectivity index (χ3n) is 5.09. The van der Waals surface area contributed by atoms with Crippen LogP contribution >= 0.6 is 11.6 Å². The molecule has 0 radical (unpaired) electrons. The number of halogens is 2. The number of fused-ring (bicyclic) bond motifs is 1. The van der Waals surface area contributed by atoms with Crippen LogP contribution in [0.2, 0.25) is 5.02 Å². The molecule has 0 amide bonds. The lowest BCUT2D eigenvalue weighted by atomic mass is 10.1. The van der Waals surface area contributed by atoms with Gasteiger partial charge >= 0.3 is 0 Å². The molecule has 4 rings (SSSR count). The minimum atomic E-state index is -1.32. The number of aromatic nitrogens is 1. The number of methoxy groups -OCH3 is 1. The number of benzene rings is 2. The Kier molecular flexibility index (Phi) is 5.97. The lowest BCUT2D eigenvalue weighted by molar-refractivity contribution is -0.255. The van der Waals surface area contributed by atoms with Gasteiger partial charge in [-0.05, 0) is 42.0 Å². The van der Waals surface area contributed by atoms with Gasteiger partial charge in [-0.2, -0.15) is 0 Å². The highest BCUT2D eigenvalue weighted by Gasteiger charge is 2.20. The maximum Gasteiger partial charge on any atom is 0.124 e. The second-order valence-electron chi connectivity index (χ2n) is 7.00. The molecule has 0 unspecified atom stereocenters. The number of carbonyl (C=O) groups is 1. The SMILES string of the molecule is COc1ccc2c(CNCc3ccco3)c(C(=O)[O-])n(Cc3ccc(F)cc3Cl)c2c1. The van der Waals surface area contributed by atoms with Gasteiger partial charge in [-0.3, -0.25) is 0 Å². The summed E-state index contributed by atoms with van der Waals surface area (Å²) >= 11 is 6.20. The van der Waals surface area contributed by atoms with Crippen LogP contribution in [0.15, 0.2) is 59.2 Å². The van der Waals surface area contributed by atoms with E-state index >= 15 is 0 Å². The van der Waals surface area contributed by atoms with Crippen LogP contribution in [0.3, 0.4) is 0 Å². The Bertz CT molecular complexity index is 1230. The number of carboxylic acid groups (broad SMARTS) is 1. The second kappa shape index (κ2) is 8.83. The number of ether oxygens (including phenoxy) is 1. The average Bonchev–Trinajstić information content (AvgIpc) is 3.36. The molecule has 0 atom stereocenters. The van der Waals surface area contributed by atoms with Crippen LogP contribution in [0.5, 0.6) is 5.75 Å². The number of nitrogens with one attached hydrogen (secondary N) is 1. The number of carboxylic acids is 1. The van der Waals surface area contributed by atoms with Crippen molar-refractivity contribution >= 4 is 28.5 Å². The summed E-state index contributed by atoms with van der Waals surface area (Å²) in [4.78, 5) is 12.2. The first-order chi connectivity index (χ1) is 15.0. The summed E-state index contributed by atoms with van der Waals surface area (Å²) in [6.45, 7) is 0.841. The number of hydrogen-bond donors (Lipinski definition) is 1. The molecule has 0 aliphatic heterocycles. The standard InChI is InChI=1S/C23H20ClFN2O4/c1-30-16-6-7-18-19(12-26-11-17-3-2-8-31-17)22(23(28)29)27(21(18)10-16)13-14-4-5-15(25)9-20(14)24/h2-10,26H,11-13H2,1H3,(H,28,29)/p-1. The van der Waals surface area contributed by atoms with Crippen molar-refractivity contribution in [3.63, 3.8) is 0 Å². The molecular weight excluding hydrogens is 423 g/mol. The molecule has 0 aliphatic carbocycles. The molecule has 1 N–H and O–H groups in total. The van der Waals surface area contributed by atoms with E-state index in [1.165, 1.54) is 25.3 Å². The van der Waals surface area contributed by atoms with E-state index in [9.17, 15) is 14.3 Å². The molecule has 0 saturated heterocycles. The monoisotopic (exact) mass is 441 g/mol. The molecule has 0 fully saturated rings. The largest absolute Gasteiger partial charge is 0.543 e. The third-order valence-corrected chi connectivity index (χ3v) is 5.45. The van der Waals surface area contributed by atoms with Crippen LogP contribution in [0.4, 0.5) is 4.39 Å². The van der Waals surface area contributed by atoms with Crippen LogP contribution in [-0.4, -0.2) is 17.6 Å². The number of nitrogens with zero attached hydrogens (tertiary/aromatic N) is 1. The van der Waals surface area contributed by atoms with E-state index in [0.29, 0.717) is 28.9 Å². The highest BCUT2D eigenvalue weighted by atomic mass is 35.5. The zero-order chi connectivity index (χ0) is 22.0. The van der Waals surface area contributed by atoms with E-state index in [4.69, 9.17) is 20.8 Å². The Labute approximate surface area is 182 Å². The summed E-state index contributed by atoms with van der Waals surface area (Å²) in [5.41, 5.74) is 1.83. The van der Waals surface area contributed by atoms with E-state index in [2.05, 4.69) is 5.32 Å². The summed E-state index contributed by atoms with van der Waals surface area (Å²) in [5.74, 6) is -0.464. The van der Waals surface area contributed by atoms with Gasteiger partial charge in [0, 0.05) is 35.1 Å². The maximum atomic E-state index is 13.5. The third kappa shape index (κ3) is 4.28. The number of carbonyl (C=O) groups excluding carboxylic acids is 1. The second-order valence-corrected chi connectivity index (χ2v) is 7.41. The fourth-order valence-corrected chi connectivity index (χ4v) is 3.88. The Morgan fingerprint density at radius 2 is 2.06 bits per heavy atom. The Hall–Kier alpha value is -3.29. The maximum absolute atomic E-state index is 13.5. The fraction of sp³-hybridized carbons (Fsp3) is 0.174. The van der Waals surface area contributed by atoms with Crippen LogP contribution in [0, 0.1) is 5.82 Å². The Morgan fingerprint density at radius 1 is 1.23 bits per heavy atom. The highest BCUT2D eigenvalue weighted by molar-refractivity contribution is 6.31. The summed E-state index contributed by atoms with van der Waals surface area (Å²) < 4.78 is 25.7. The summed E-state index contributed by atoms with van der Waals surface area (Å²) in [6.07, 6.45) is 1.58. The van der Waals surface area contributed by atoms with E-state index in [1.807, 2.05) is 12.1 Å². The molecule has 0 spiro atoms. The van der Waals surface area contributed by atoms with Gasteiger partial charge in [-0.15, -0.1) is 0 Å². The zero-order valence-electron chi connectivity index (χ0n) is 16.7. The van der Waals surface area contributed by atoms with Crippen molar-refractivity contribution in [3.8, 4) is 5.75 Å². The molecule has 8 heteroatoms. The van der Waals surface area contributed by atoms with Crippen molar-refractivity contribution in [1.29, 1.82) is 0 Å². The summed E-state index contributed by atoms with van der Waals surface area (Å²) in [7, 11) is 1.54. The molecule has 31 heavy (non-hydrogen) atoms. The molecule has 2 aromatic carbocycles. The Morgan fingerprint density at radius 3 is 2.74 bits per heavy atom.